The van der Waals surface area contributed by atoms with E-state index in [1.165, 1.54) is 6.42 Å². The number of nitrogens with zero attached hydrogens (tertiary/aromatic N) is 4. The molecule has 0 aliphatic carbocycles. The molecule has 2 heterocycles. The highest BCUT2D eigenvalue weighted by Gasteiger charge is 2.26. The summed E-state index contributed by atoms with van der Waals surface area (Å²) in [6, 6.07) is 2.38. The van der Waals surface area contributed by atoms with Crippen LogP contribution in [0.25, 0.3) is 0 Å². The Morgan fingerprint density at radius 1 is 1.59 bits per heavy atom. The van der Waals surface area contributed by atoms with E-state index in [1.54, 1.807) is 19.4 Å². The van der Waals surface area contributed by atoms with E-state index in [2.05, 4.69) is 33.7 Å². The monoisotopic (exact) mass is 236 g/mol. The predicted octanol–water partition coefficient (Wildman–Crippen LogP) is 1.02. The zero-order valence-electron chi connectivity index (χ0n) is 10.8. The standard InChI is InChI=1S/C12H20N4O/c1-4-15(2)10-6-8-16(9-10)12-13-7-5-11(14-12)17-3/h5,7,10H,4,6,8-9H2,1-3H3. The summed E-state index contributed by atoms with van der Waals surface area (Å²) in [5.74, 6) is 1.40. The van der Waals surface area contributed by atoms with Crippen molar-refractivity contribution in [3.05, 3.63) is 12.3 Å². The molecule has 1 aliphatic heterocycles. The average molecular weight is 236 g/mol. The minimum absolute atomic E-state index is 0.606. The Morgan fingerprint density at radius 3 is 3.12 bits per heavy atom. The third-order valence-electron chi connectivity index (χ3n) is 3.39. The number of likely N-dealkylation sites (N-methyl/N-ethyl adjacent to an activating group) is 1. The van der Waals surface area contributed by atoms with Crippen molar-refractivity contribution < 1.29 is 4.74 Å². The van der Waals surface area contributed by atoms with Gasteiger partial charge in [-0.05, 0) is 20.0 Å². The van der Waals surface area contributed by atoms with Crippen molar-refractivity contribution in [1.29, 1.82) is 0 Å². The summed E-state index contributed by atoms with van der Waals surface area (Å²) < 4.78 is 5.12. The van der Waals surface area contributed by atoms with Crippen molar-refractivity contribution >= 4 is 5.95 Å². The number of hydrogen-bond acceptors (Lipinski definition) is 5. The Bertz CT molecular complexity index is 371. The first kappa shape index (κ1) is 12.1. The van der Waals surface area contributed by atoms with Crippen molar-refractivity contribution in [3.63, 3.8) is 0 Å². The fourth-order valence-corrected chi connectivity index (χ4v) is 2.14. The second-order valence-electron chi connectivity index (χ2n) is 4.36. The van der Waals surface area contributed by atoms with Crippen LogP contribution in [0, 0.1) is 0 Å². The molecule has 0 saturated carbocycles. The van der Waals surface area contributed by atoms with Gasteiger partial charge in [0.25, 0.3) is 0 Å². The maximum atomic E-state index is 5.12. The fourth-order valence-electron chi connectivity index (χ4n) is 2.14. The predicted molar refractivity (Wildman–Crippen MR) is 67.5 cm³/mol. The van der Waals surface area contributed by atoms with Crippen LogP contribution in [0.15, 0.2) is 12.3 Å². The van der Waals surface area contributed by atoms with E-state index in [0.29, 0.717) is 11.9 Å². The van der Waals surface area contributed by atoms with Crippen LogP contribution in [0.2, 0.25) is 0 Å². The summed E-state index contributed by atoms with van der Waals surface area (Å²) in [6.45, 7) is 5.28. The minimum atomic E-state index is 0.606. The highest BCUT2D eigenvalue weighted by Crippen LogP contribution is 2.20. The molecule has 1 atom stereocenters. The van der Waals surface area contributed by atoms with Gasteiger partial charge in [-0.1, -0.05) is 6.92 Å². The SMILES string of the molecule is CCN(C)C1CCN(c2nccc(OC)n2)C1. The van der Waals surface area contributed by atoms with Gasteiger partial charge in [-0.3, -0.25) is 0 Å². The number of anilines is 1. The van der Waals surface area contributed by atoms with Gasteiger partial charge < -0.3 is 14.5 Å². The molecule has 1 aromatic rings. The lowest BCUT2D eigenvalue weighted by Gasteiger charge is -2.23. The van der Waals surface area contributed by atoms with Gasteiger partial charge in [0.1, 0.15) is 0 Å². The van der Waals surface area contributed by atoms with Crippen molar-refractivity contribution in [2.45, 2.75) is 19.4 Å². The first-order valence-corrected chi connectivity index (χ1v) is 6.06. The topological polar surface area (TPSA) is 41.5 Å². The molecule has 17 heavy (non-hydrogen) atoms. The molecule has 1 aliphatic rings. The maximum absolute atomic E-state index is 5.12. The summed E-state index contributed by atoms with van der Waals surface area (Å²) in [4.78, 5) is 13.3. The van der Waals surface area contributed by atoms with E-state index in [-0.39, 0.29) is 0 Å². The third kappa shape index (κ3) is 2.66. The van der Waals surface area contributed by atoms with Gasteiger partial charge in [0.15, 0.2) is 0 Å². The van der Waals surface area contributed by atoms with Crippen LogP contribution in [0.3, 0.4) is 0 Å². The van der Waals surface area contributed by atoms with Crippen molar-refractivity contribution in [2.75, 3.05) is 38.7 Å². The molecule has 0 N–H and O–H groups in total. The van der Waals surface area contributed by atoms with Crippen LogP contribution in [0.4, 0.5) is 5.95 Å². The quantitative estimate of drug-likeness (QED) is 0.780. The number of hydrogen-bond donors (Lipinski definition) is 0. The molecule has 0 bridgehead atoms. The lowest BCUT2D eigenvalue weighted by Crippen LogP contribution is -2.34. The van der Waals surface area contributed by atoms with Gasteiger partial charge in [0.05, 0.1) is 7.11 Å². The average Bonchev–Trinajstić information content (AvgIpc) is 2.87. The van der Waals surface area contributed by atoms with E-state index in [9.17, 15) is 0 Å². The lowest BCUT2D eigenvalue weighted by molar-refractivity contribution is 0.272. The van der Waals surface area contributed by atoms with Gasteiger partial charge in [-0.2, -0.15) is 4.98 Å². The van der Waals surface area contributed by atoms with Crippen LogP contribution >= 0.6 is 0 Å². The Balaban J connectivity index is 2.04. The van der Waals surface area contributed by atoms with Crippen molar-refractivity contribution in [3.8, 4) is 5.88 Å². The molecule has 1 aromatic heterocycles. The molecule has 0 spiro atoms. The normalized spacial score (nSPS) is 20.0. The molecule has 1 fully saturated rings. The van der Waals surface area contributed by atoms with E-state index < -0.39 is 0 Å². The maximum Gasteiger partial charge on any atom is 0.228 e. The fraction of sp³-hybridized carbons (Fsp3) is 0.667. The van der Waals surface area contributed by atoms with Crippen LogP contribution in [-0.4, -0.2) is 54.7 Å². The molecule has 1 saturated heterocycles. The molecule has 5 nitrogen and oxygen atoms in total. The van der Waals surface area contributed by atoms with Gasteiger partial charge in [-0.25, -0.2) is 4.98 Å². The van der Waals surface area contributed by atoms with Crippen molar-refractivity contribution in [1.82, 2.24) is 14.9 Å². The Labute approximate surface area is 102 Å². The van der Waals surface area contributed by atoms with Crippen molar-refractivity contribution in [2.24, 2.45) is 0 Å². The summed E-state index contributed by atoms with van der Waals surface area (Å²) in [6.07, 6.45) is 2.92. The Hall–Kier alpha value is -1.36. The zero-order chi connectivity index (χ0) is 12.3. The van der Waals surface area contributed by atoms with Crippen LogP contribution in [0.1, 0.15) is 13.3 Å². The summed E-state index contributed by atoms with van der Waals surface area (Å²) in [5, 5.41) is 0. The van der Waals surface area contributed by atoms with Crippen LogP contribution in [0.5, 0.6) is 5.88 Å². The number of aromatic nitrogens is 2. The van der Waals surface area contributed by atoms with Gasteiger partial charge in [0, 0.05) is 31.4 Å². The molecule has 0 amide bonds. The largest absolute Gasteiger partial charge is 0.481 e. The van der Waals surface area contributed by atoms with E-state index in [1.807, 2.05) is 0 Å². The number of rotatable bonds is 4. The van der Waals surface area contributed by atoms with E-state index in [0.717, 1.165) is 25.6 Å². The molecule has 0 radical (unpaired) electrons. The first-order valence-electron chi connectivity index (χ1n) is 6.06. The molecule has 5 heteroatoms. The highest BCUT2D eigenvalue weighted by atomic mass is 16.5. The summed E-state index contributed by atoms with van der Waals surface area (Å²) in [5.41, 5.74) is 0. The number of methoxy groups -OCH3 is 1. The molecule has 2 rings (SSSR count). The van der Waals surface area contributed by atoms with E-state index >= 15 is 0 Å². The molecule has 1 unspecified atom stereocenters. The second-order valence-corrected chi connectivity index (χ2v) is 4.36. The molecular formula is C12H20N4O. The Kier molecular flexibility index (Phi) is 3.78. The van der Waals surface area contributed by atoms with Crippen LogP contribution < -0.4 is 9.64 Å². The van der Waals surface area contributed by atoms with Gasteiger partial charge in [0.2, 0.25) is 11.8 Å². The summed E-state index contributed by atoms with van der Waals surface area (Å²) in [7, 11) is 3.80. The van der Waals surface area contributed by atoms with Gasteiger partial charge in [-0.15, -0.1) is 0 Å². The minimum Gasteiger partial charge on any atom is -0.481 e. The highest BCUT2D eigenvalue weighted by molar-refractivity contribution is 5.34. The lowest BCUT2D eigenvalue weighted by atomic mass is 10.2. The number of ether oxygens (including phenoxy) is 1. The molecule has 0 aromatic carbocycles. The van der Waals surface area contributed by atoms with Gasteiger partial charge >= 0.3 is 0 Å². The first-order chi connectivity index (χ1) is 8.24. The smallest absolute Gasteiger partial charge is 0.228 e. The second kappa shape index (κ2) is 5.31. The third-order valence-corrected chi connectivity index (χ3v) is 3.39. The zero-order valence-corrected chi connectivity index (χ0v) is 10.8. The van der Waals surface area contributed by atoms with E-state index in [4.69, 9.17) is 4.74 Å². The van der Waals surface area contributed by atoms with Crippen LogP contribution in [-0.2, 0) is 0 Å². The molecule has 94 valence electrons. The summed E-state index contributed by atoms with van der Waals surface area (Å²) >= 11 is 0. The molecular weight excluding hydrogens is 216 g/mol. The Morgan fingerprint density at radius 2 is 2.41 bits per heavy atom.